The van der Waals surface area contributed by atoms with E-state index >= 15 is 0 Å². The number of amidine groups is 1. The van der Waals surface area contributed by atoms with Gasteiger partial charge in [-0.25, -0.2) is 4.39 Å². The van der Waals surface area contributed by atoms with E-state index in [1.807, 2.05) is 0 Å². The van der Waals surface area contributed by atoms with Crippen molar-refractivity contribution in [2.45, 2.75) is 13.8 Å². The van der Waals surface area contributed by atoms with Gasteiger partial charge in [-0.05, 0) is 19.9 Å². The fourth-order valence-corrected chi connectivity index (χ4v) is 3.82. The van der Waals surface area contributed by atoms with E-state index < -0.39 is 17.4 Å². The number of hydrogen-bond donors (Lipinski definition) is 3. The molecule has 0 radical (unpaired) electrons. The van der Waals surface area contributed by atoms with Crippen molar-refractivity contribution in [3.05, 3.63) is 44.4 Å². The standard InChI is InChI=1S/C16H12ClF2N3O3S/c1-5-10(6(2)25-22-5)11-8(4-26-15(11)16(20)21-24)7-3-9(17)14(23)13(19)12(7)18/h3-4,23-24H,1-2H3,(H2,20,21). The topological polar surface area (TPSA) is 105 Å². The molecule has 0 atom stereocenters. The molecule has 2 aromatic heterocycles. The second-order valence-electron chi connectivity index (χ2n) is 5.42. The van der Waals surface area contributed by atoms with Gasteiger partial charge in [0.25, 0.3) is 0 Å². The van der Waals surface area contributed by atoms with Gasteiger partial charge in [0.1, 0.15) is 5.76 Å². The Morgan fingerprint density at radius 3 is 2.54 bits per heavy atom. The number of aromatic nitrogens is 1. The quantitative estimate of drug-likeness (QED) is 0.199. The lowest BCUT2D eigenvalue weighted by Gasteiger charge is -2.10. The fourth-order valence-electron chi connectivity index (χ4n) is 2.66. The Hall–Kier alpha value is -2.65. The van der Waals surface area contributed by atoms with Crippen molar-refractivity contribution in [3.63, 3.8) is 0 Å². The number of nitrogens with two attached hydrogens (primary N) is 1. The van der Waals surface area contributed by atoms with E-state index in [9.17, 15) is 13.9 Å². The molecular weight excluding hydrogens is 388 g/mol. The predicted octanol–water partition coefficient (Wildman–Crippen LogP) is 4.42. The minimum atomic E-state index is -1.46. The number of phenols is 1. The molecule has 3 aromatic rings. The average Bonchev–Trinajstić information content (AvgIpc) is 3.18. The number of phenolic OH excluding ortho intramolecular Hbond substituents is 1. The highest BCUT2D eigenvalue weighted by Crippen LogP contribution is 2.45. The van der Waals surface area contributed by atoms with Gasteiger partial charge in [0.05, 0.1) is 15.6 Å². The third-order valence-corrected chi connectivity index (χ3v) is 5.13. The Bertz CT molecular complexity index is 1030. The molecule has 6 nitrogen and oxygen atoms in total. The van der Waals surface area contributed by atoms with Crippen LogP contribution in [0.5, 0.6) is 5.75 Å². The first-order valence-corrected chi connectivity index (χ1v) is 8.43. The van der Waals surface area contributed by atoms with Gasteiger partial charge in [-0.1, -0.05) is 21.9 Å². The molecule has 0 aliphatic carbocycles. The van der Waals surface area contributed by atoms with E-state index in [1.54, 1.807) is 13.8 Å². The molecule has 10 heteroatoms. The molecule has 0 saturated heterocycles. The SMILES string of the molecule is Cc1noc(C)c1-c1c(-c2cc(Cl)c(O)c(F)c2F)csc1/C(N)=N/O. The molecule has 2 heterocycles. The minimum absolute atomic E-state index is 0.187. The Kier molecular flexibility index (Phi) is 4.59. The lowest BCUT2D eigenvalue weighted by atomic mass is 9.95. The highest BCUT2D eigenvalue weighted by Gasteiger charge is 2.27. The van der Waals surface area contributed by atoms with E-state index in [4.69, 9.17) is 27.1 Å². The van der Waals surface area contributed by atoms with Gasteiger partial charge < -0.3 is 20.6 Å². The van der Waals surface area contributed by atoms with E-state index in [-0.39, 0.29) is 22.0 Å². The fraction of sp³-hybridized carbons (Fsp3) is 0.125. The van der Waals surface area contributed by atoms with Gasteiger partial charge >= 0.3 is 0 Å². The minimum Gasteiger partial charge on any atom is -0.504 e. The van der Waals surface area contributed by atoms with Crippen molar-refractivity contribution in [3.8, 4) is 28.0 Å². The summed E-state index contributed by atoms with van der Waals surface area (Å²) in [6.07, 6.45) is 0. The van der Waals surface area contributed by atoms with Crippen molar-refractivity contribution in [2.24, 2.45) is 10.9 Å². The van der Waals surface area contributed by atoms with Crippen LogP contribution in [-0.2, 0) is 0 Å². The van der Waals surface area contributed by atoms with Gasteiger partial charge in [0.2, 0.25) is 5.82 Å². The lowest BCUT2D eigenvalue weighted by Crippen LogP contribution is -2.12. The predicted molar refractivity (Wildman–Crippen MR) is 93.8 cm³/mol. The smallest absolute Gasteiger partial charge is 0.202 e. The van der Waals surface area contributed by atoms with Crippen molar-refractivity contribution < 1.29 is 23.6 Å². The maximum Gasteiger partial charge on any atom is 0.202 e. The molecule has 1 aromatic carbocycles. The number of benzene rings is 1. The summed E-state index contributed by atoms with van der Waals surface area (Å²) in [7, 11) is 0. The number of thiophene rings is 1. The van der Waals surface area contributed by atoms with Crippen LogP contribution < -0.4 is 5.73 Å². The summed E-state index contributed by atoms with van der Waals surface area (Å²) in [5, 5.41) is 26.6. The lowest BCUT2D eigenvalue weighted by molar-refractivity contribution is 0.319. The zero-order valence-electron chi connectivity index (χ0n) is 13.5. The number of oxime groups is 1. The molecule has 0 unspecified atom stereocenters. The normalized spacial score (nSPS) is 12.0. The summed E-state index contributed by atoms with van der Waals surface area (Å²) in [4.78, 5) is 0.320. The average molecular weight is 400 g/mol. The van der Waals surface area contributed by atoms with Crippen molar-refractivity contribution >= 4 is 28.8 Å². The molecule has 3 rings (SSSR count). The van der Waals surface area contributed by atoms with Crippen LogP contribution in [0.4, 0.5) is 8.78 Å². The first-order valence-electron chi connectivity index (χ1n) is 7.17. The molecule has 0 saturated carbocycles. The Labute approximate surface area is 155 Å². The largest absolute Gasteiger partial charge is 0.504 e. The number of aryl methyl sites for hydroxylation is 2. The van der Waals surface area contributed by atoms with Crippen LogP contribution in [0, 0.1) is 25.5 Å². The molecule has 0 bridgehead atoms. The Morgan fingerprint density at radius 2 is 1.96 bits per heavy atom. The van der Waals surface area contributed by atoms with Gasteiger partial charge in [-0.2, -0.15) is 4.39 Å². The molecule has 0 aliphatic rings. The molecule has 0 spiro atoms. The maximum atomic E-state index is 14.5. The molecule has 4 N–H and O–H groups in total. The summed E-state index contributed by atoms with van der Waals surface area (Å²) in [6, 6.07) is 1.11. The highest BCUT2D eigenvalue weighted by molar-refractivity contribution is 7.13. The second-order valence-corrected chi connectivity index (χ2v) is 6.71. The van der Waals surface area contributed by atoms with Gasteiger partial charge in [0, 0.05) is 27.6 Å². The van der Waals surface area contributed by atoms with E-state index in [1.165, 1.54) is 5.38 Å². The van der Waals surface area contributed by atoms with Crippen LogP contribution in [0.25, 0.3) is 22.3 Å². The zero-order chi connectivity index (χ0) is 19.2. The van der Waals surface area contributed by atoms with Crippen LogP contribution >= 0.6 is 22.9 Å². The Morgan fingerprint density at radius 1 is 1.27 bits per heavy atom. The number of nitrogens with zero attached hydrogens (tertiary/aromatic N) is 2. The van der Waals surface area contributed by atoms with Crippen LogP contribution in [0.3, 0.4) is 0 Å². The van der Waals surface area contributed by atoms with E-state index in [0.717, 1.165) is 17.4 Å². The third-order valence-electron chi connectivity index (χ3n) is 3.84. The number of rotatable bonds is 3. The monoisotopic (exact) mass is 399 g/mol. The molecule has 0 fully saturated rings. The summed E-state index contributed by atoms with van der Waals surface area (Å²) in [6.45, 7) is 3.32. The van der Waals surface area contributed by atoms with Crippen LogP contribution in [-0.4, -0.2) is 21.3 Å². The van der Waals surface area contributed by atoms with E-state index in [2.05, 4.69) is 10.3 Å². The van der Waals surface area contributed by atoms with Crippen LogP contribution in [0.1, 0.15) is 16.3 Å². The highest BCUT2D eigenvalue weighted by atomic mass is 35.5. The summed E-state index contributed by atoms with van der Waals surface area (Å²) in [5.74, 6) is -3.50. The van der Waals surface area contributed by atoms with Gasteiger partial charge in [-0.15, -0.1) is 11.3 Å². The number of hydrogen-bond acceptors (Lipinski definition) is 6. The van der Waals surface area contributed by atoms with E-state index in [0.29, 0.717) is 27.5 Å². The first kappa shape index (κ1) is 18.2. The van der Waals surface area contributed by atoms with Crippen molar-refractivity contribution in [1.82, 2.24) is 5.16 Å². The molecule has 0 aliphatic heterocycles. The second kappa shape index (κ2) is 6.58. The Balaban J connectivity index is 2.40. The number of aromatic hydroxyl groups is 1. The summed E-state index contributed by atoms with van der Waals surface area (Å²) < 4.78 is 33.6. The summed E-state index contributed by atoms with van der Waals surface area (Å²) in [5.41, 5.74) is 7.15. The molecule has 26 heavy (non-hydrogen) atoms. The first-order chi connectivity index (χ1) is 12.3. The zero-order valence-corrected chi connectivity index (χ0v) is 15.0. The number of halogens is 3. The van der Waals surface area contributed by atoms with Crippen LogP contribution in [0.15, 0.2) is 21.1 Å². The molecule has 0 amide bonds. The van der Waals surface area contributed by atoms with Gasteiger partial charge in [-0.3, -0.25) is 0 Å². The molecule has 136 valence electrons. The van der Waals surface area contributed by atoms with Crippen molar-refractivity contribution in [1.29, 1.82) is 0 Å². The van der Waals surface area contributed by atoms with Crippen LogP contribution in [0.2, 0.25) is 5.02 Å². The summed E-state index contributed by atoms with van der Waals surface area (Å²) >= 11 is 6.87. The van der Waals surface area contributed by atoms with Crippen molar-refractivity contribution in [2.75, 3.05) is 0 Å². The van der Waals surface area contributed by atoms with Gasteiger partial charge in [0.15, 0.2) is 17.4 Å². The third kappa shape index (κ3) is 2.69. The maximum absolute atomic E-state index is 14.5. The molecular formula is C16H12ClF2N3O3S.